The van der Waals surface area contributed by atoms with Crippen molar-refractivity contribution >= 4 is 34.4 Å². The molecule has 0 bridgehead atoms. The lowest BCUT2D eigenvalue weighted by Crippen LogP contribution is -2.32. The van der Waals surface area contributed by atoms with Gasteiger partial charge in [-0.05, 0) is 48.7 Å². The summed E-state index contributed by atoms with van der Waals surface area (Å²) in [4.78, 5) is 35.7. The summed E-state index contributed by atoms with van der Waals surface area (Å²) in [5.74, 6) is 0.496. The van der Waals surface area contributed by atoms with Crippen molar-refractivity contribution in [2.75, 3.05) is 37.9 Å². The van der Waals surface area contributed by atoms with Crippen LogP contribution >= 0.6 is 0 Å². The van der Waals surface area contributed by atoms with E-state index in [4.69, 9.17) is 10.5 Å². The van der Waals surface area contributed by atoms with E-state index in [-0.39, 0.29) is 11.8 Å². The Balaban J connectivity index is 1.52. The maximum atomic E-state index is 13.1. The zero-order valence-corrected chi connectivity index (χ0v) is 22.4. The van der Waals surface area contributed by atoms with E-state index in [9.17, 15) is 9.59 Å². The fraction of sp³-hybridized carbons (Fsp3) is 0.267. The third kappa shape index (κ3) is 5.13. The first-order valence-electron chi connectivity index (χ1n) is 12.8. The minimum absolute atomic E-state index is 0.0261. The standard InChI is InChI=1S/C30H32N6O3/c1-18(2)29(37)34-23-11-9-21(10-12-23)26-24(25-27(31)32-17-33-28(25)36(26)4)20-5-7-22(8-6-20)30(38)35(3)15-19-13-14-39-16-19/h5-12,17,19H,1,13-16H2,2-4H3,(H,34,37)(H2,31,32,33)/t19-/m1/s1. The van der Waals surface area contributed by atoms with E-state index in [0.717, 1.165) is 40.8 Å². The van der Waals surface area contributed by atoms with Gasteiger partial charge in [0.1, 0.15) is 17.8 Å². The van der Waals surface area contributed by atoms with Crippen molar-refractivity contribution in [1.82, 2.24) is 19.4 Å². The summed E-state index contributed by atoms with van der Waals surface area (Å²) in [5, 5.41) is 3.58. The zero-order chi connectivity index (χ0) is 27.7. The smallest absolute Gasteiger partial charge is 0.253 e. The van der Waals surface area contributed by atoms with E-state index in [0.29, 0.717) is 47.4 Å². The fourth-order valence-corrected chi connectivity index (χ4v) is 5.04. The van der Waals surface area contributed by atoms with Crippen molar-refractivity contribution in [3.8, 4) is 22.4 Å². The lowest BCUT2D eigenvalue weighted by Gasteiger charge is -2.20. The monoisotopic (exact) mass is 524 g/mol. The molecule has 2 amide bonds. The minimum Gasteiger partial charge on any atom is -0.383 e. The van der Waals surface area contributed by atoms with Crippen molar-refractivity contribution in [2.45, 2.75) is 13.3 Å². The molecule has 1 fully saturated rings. The molecule has 1 aliphatic rings. The van der Waals surface area contributed by atoms with Crippen LogP contribution in [0.2, 0.25) is 0 Å². The molecule has 2 aromatic carbocycles. The van der Waals surface area contributed by atoms with E-state index < -0.39 is 0 Å². The summed E-state index contributed by atoms with van der Waals surface area (Å²) in [6, 6.07) is 15.1. The van der Waals surface area contributed by atoms with Gasteiger partial charge in [-0.25, -0.2) is 9.97 Å². The zero-order valence-electron chi connectivity index (χ0n) is 22.4. The summed E-state index contributed by atoms with van der Waals surface area (Å²) in [5.41, 5.74) is 12.4. The number of nitrogens with one attached hydrogen (secondary N) is 1. The van der Waals surface area contributed by atoms with Crippen LogP contribution < -0.4 is 11.1 Å². The molecule has 200 valence electrons. The van der Waals surface area contributed by atoms with Gasteiger partial charge in [-0.1, -0.05) is 30.8 Å². The predicted octanol–water partition coefficient (Wildman–Crippen LogP) is 4.51. The molecule has 4 aromatic rings. The normalized spacial score (nSPS) is 14.9. The number of fused-ring (bicyclic) bond motifs is 1. The maximum absolute atomic E-state index is 13.1. The molecular weight excluding hydrogens is 492 g/mol. The summed E-state index contributed by atoms with van der Waals surface area (Å²) in [7, 11) is 3.77. The molecule has 3 heterocycles. The number of aryl methyl sites for hydroxylation is 1. The number of aromatic nitrogens is 3. The van der Waals surface area contributed by atoms with Gasteiger partial charge in [0.25, 0.3) is 11.8 Å². The molecule has 1 atom stereocenters. The highest BCUT2D eigenvalue weighted by Crippen LogP contribution is 2.41. The topological polar surface area (TPSA) is 115 Å². The third-order valence-corrected chi connectivity index (χ3v) is 7.12. The number of anilines is 2. The first-order valence-corrected chi connectivity index (χ1v) is 12.8. The van der Waals surface area contributed by atoms with Crippen molar-refractivity contribution in [3.05, 3.63) is 72.6 Å². The number of benzene rings is 2. The van der Waals surface area contributed by atoms with Crippen LogP contribution in [0.5, 0.6) is 0 Å². The Bertz CT molecular complexity index is 1550. The van der Waals surface area contributed by atoms with Gasteiger partial charge in [0.15, 0.2) is 0 Å². The van der Waals surface area contributed by atoms with Crippen LogP contribution in [0, 0.1) is 5.92 Å². The Labute approximate surface area is 227 Å². The highest BCUT2D eigenvalue weighted by molar-refractivity contribution is 6.08. The number of carbonyl (C=O) groups excluding carboxylic acids is 2. The SMILES string of the molecule is C=C(C)C(=O)Nc1ccc(-c2c(-c3ccc(C(=O)N(C)C[C@H]4CCOC4)cc3)c3c(N)ncnc3n2C)cc1. The average Bonchev–Trinajstić information content (AvgIpc) is 3.55. The minimum atomic E-state index is -0.229. The number of nitrogen functional groups attached to an aromatic ring is 1. The van der Waals surface area contributed by atoms with Gasteiger partial charge >= 0.3 is 0 Å². The highest BCUT2D eigenvalue weighted by Gasteiger charge is 2.24. The summed E-state index contributed by atoms with van der Waals surface area (Å²) >= 11 is 0. The number of amides is 2. The maximum Gasteiger partial charge on any atom is 0.253 e. The first-order chi connectivity index (χ1) is 18.7. The number of ether oxygens (including phenoxy) is 1. The van der Waals surface area contributed by atoms with E-state index in [1.807, 2.05) is 67.2 Å². The first kappa shape index (κ1) is 26.1. The molecule has 5 rings (SSSR count). The quantitative estimate of drug-likeness (QED) is 0.344. The number of carbonyl (C=O) groups is 2. The number of rotatable bonds is 7. The molecule has 0 unspecified atom stereocenters. The van der Waals surface area contributed by atoms with Gasteiger partial charge in [0.05, 0.1) is 17.7 Å². The third-order valence-electron chi connectivity index (χ3n) is 7.12. The Hall–Kier alpha value is -4.50. The predicted molar refractivity (Wildman–Crippen MR) is 153 cm³/mol. The molecule has 0 spiro atoms. The van der Waals surface area contributed by atoms with Gasteiger partial charge in [0, 0.05) is 55.6 Å². The van der Waals surface area contributed by atoms with Crippen molar-refractivity contribution in [3.63, 3.8) is 0 Å². The molecule has 2 aromatic heterocycles. The number of nitrogens with two attached hydrogens (primary N) is 1. The van der Waals surface area contributed by atoms with Crippen LogP contribution in [0.4, 0.5) is 11.5 Å². The Kier molecular flexibility index (Phi) is 7.17. The van der Waals surface area contributed by atoms with Crippen molar-refractivity contribution in [1.29, 1.82) is 0 Å². The summed E-state index contributed by atoms with van der Waals surface area (Å²) in [6.45, 7) is 7.48. The highest BCUT2D eigenvalue weighted by atomic mass is 16.5. The van der Waals surface area contributed by atoms with Gasteiger partial charge in [0.2, 0.25) is 0 Å². The van der Waals surface area contributed by atoms with Gasteiger partial charge in [-0.15, -0.1) is 0 Å². The van der Waals surface area contributed by atoms with Gasteiger partial charge in [-0.2, -0.15) is 0 Å². The molecule has 0 aliphatic carbocycles. The van der Waals surface area contributed by atoms with Crippen molar-refractivity contribution < 1.29 is 14.3 Å². The van der Waals surface area contributed by atoms with Gasteiger partial charge in [-0.3, -0.25) is 9.59 Å². The second-order valence-corrected chi connectivity index (χ2v) is 10.0. The second kappa shape index (κ2) is 10.7. The van der Waals surface area contributed by atoms with Crippen LogP contribution in [0.1, 0.15) is 23.7 Å². The van der Waals surface area contributed by atoms with E-state index in [1.165, 1.54) is 6.33 Å². The molecule has 1 saturated heterocycles. The Morgan fingerprint density at radius 2 is 1.82 bits per heavy atom. The summed E-state index contributed by atoms with van der Waals surface area (Å²) < 4.78 is 7.44. The van der Waals surface area contributed by atoms with Crippen LogP contribution in [0.25, 0.3) is 33.4 Å². The van der Waals surface area contributed by atoms with Crippen LogP contribution in [0.15, 0.2) is 67.0 Å². The molecule has 1 aliphatic heterocycles. The average molecular weight is 525 g/mol. The second-order valence-electron chi connectivity index (χ2n) is 10.0. The van der Waals surface area contributed by atoms with Crippen LogP contribution in [-0.4, -0.2) is 58.1 Å². The van der Waals surface area contributed by atoms with E-state index in [1.54, 1.807) is 11.8 Å². The fourth-order valence-electron chi connectivity index (χ4n) is 5.04. The van der Waals surface area contributed by atoms with E-state index >= 15 is 0 Å². The molecule has 39 heavy (non-hydrogen) atoms. The number of hydrogen-bond donors (Lipinski definition) is 2. The molecule has 0 radical (unpaired) electrons. The van der Waals surface area contributed by atoms with Crippen LogP contribution in [-0.2, 0) is 16.6 Å². The molecule has 0 saturated carbocycles. The number of hydrogen-bond acceptors (Lipinski definition) is 6. The summed E-state index contributed by atoms with van der Waals surface area (Å²) in [6.07, 6.45) is 2.43. The van der Waals surface area contributed by atoms with Crippen LogP contribution in [0.3, 0.4) is 0 Å². The lowest BCUT2D eigenvalue weighted by molar-refractivity contribution is -0.112. The van der Waals surface area contributed by atoms with Crippen molar-refractivity contribution in [2.24, 2.45) is 13.0 Å². The Morgan fingerprint density at radius 3 is 2.46 bits per heavy atom. The largest absolute Gasteiger partial charge is 0.383 e. The molecule has 3 N–H and O–H groups in total. The van der Waals surface area contributed by atoms with Gasteiger partial charge < -0.3 is 25.3 Å². The van der Waals surface area contributed by atoms with E-state index in [2.05, 4.69) is 21.9 Å². The molecule has 9 heteroatoms. The molecule has 9 nitrogen and oxygen atoms in total. The Morgan fingerprint density at radius 1 is 1.13 bits per heavy atom. The molecular formula is C30H32N6O3. The lowest BCUT2D eigenvalue weighted by atomic mass is 9.97. The number of nitrogens with zero attached hydrogens (tertiary/aromatic N) is 4.